The van der Waals surface area contributed by atoms with Crippen molar-refractivity contribution in [1.29, 1.82) is 5.26 Å². The van der Waals surface area contributed by atoms with E-state index in [9.17, 15) is 4.79 Å². The minimum Gasteiger partial charge on any atom is -0.363 e. The Morgan fingerprint density at radius 1 is 1.56 bits per heavy atom. The van der Waals surface area contributed by atoms with Crippen LogP contribution in [0, 0.1) is 11.3 Å². The molecule has 1 amide bonds. The van der Waals surface area contributed by atoms with Crippen molar-refractivity contribution in [2.75, 3.05) is 31.6 Å². The predicted octanol–water partition coefficient (Wildman–Crippen LogP) is 1.01. The number of anilines is 1. The number of hydrogen-bond acceptors (Lipinski definition) is 4. The highest BCUT2D eigenvalue weighted by Gasteiger charge is 2.20. The molecule has 1 aliphatic rings. The van der Waals surface area contributed by atoms with Crippen LogP contribution >= 0.6 is 0 Å². The second-order valence-electron chi connectivity index (χ2n) is 4.43. The molecule has 0 spiro atoms. The summed E-state index contributed by atoms with van der Waals surface area (Å²) in [5.74, 6) is 0.114. The summed E-state index contributed by atoms with van der Waals surface area (Å²) < 4.78 is 0. The Kier molecular flexibility index (Phi) is 3.78. The van der Waals surface area contributed by atoms with E-state index in [0.717, 1.165) is 25.9 Å². The number of aromatic nitrogens is 1. The van der Waals surface area contributed by atoms with Crippen molar-refractivity contribution in [3.63, 3.8) is 0 Å². The molecule has 0 unspecified atom stereocenters. The molecule has 2 heterocycles. The first-order chi connectivity index (χ1) is 8.72. The van der Waals surface area contributed by atoms with Crippen molar-refractivity contribution in [1.82, 2.24) is 9.88 Å². The van der Waals surface area contributed by atoms with E-state index >= 15 is 0 Å². The first kappa shape index (κ1) is 12.4. The van der Waals surface area contributed by atoms with Crippen LogP contribution in [0.5, 0.6) is 0 Å². The summed E-state index contributed by atoms with van der Waals surface area (Å²) in [6, 6.07) is 5.62. The maximum absolute atomic E-state index is 12.0. The number of carbonyl (C=O) groups is 1. The van der Waals surface area contributed by atoms with Crippen molar-refractivity contribution in [2.24, 2.45) is 0 Å². The van der Waals surface area contributed by atoms with E-state index in [0.29, 0.717) is 17.9 Å². The highest BCUT2D eigenvalue weighted by Crippen LogP contribution is 2.16. The van der Waals surface area contributed by atoms with Gasteiger partial charge >= 0.3 is 0 Å². The van der Waals surface area contributed by atoms with Crippen LogP contribution in [-0.2, 0) is 4.79 Å². The standard InChI is InChI=1S/C13H16N4O/c1-16(10-13(18)17-7-2-3-8-17)12-5-4-6-15-11(12)9-14/h4-6H,2-3,7-8,10H2,1H3. The lowest BCUT2D eigenvalue weighted by atomic mass is 10.3. The summed E-state index contributed by atoms with van der Waals surface area (Å²) >= 11 is 0. The number of amides is 1. The number of carbonyl (C=O) groups excluding carboxylic acids is 1. The van der Waals surface area contributed by atoms with E-state index in [2.05, 4.69) is 4.98 Å². The lowest BCUT2D eigenvalue weighted by Crippen LogP contribution is -2.37. The largest absolute Gasteiger partial charge is 0.363 e. The van der Waals surface area contributed by atoms with Gasteiger partial charge in [0.15, 0.2) is 5.69 Å². The van der Waals surface area contributed by atoms with Gasteiger partial charge in [0, 0.05) is 26.3 Å². The van der Waals surface area contributed by atoms with E-state index in [1.165, 1.54) is 0 Å². The molecule has 0 radical (unpaired) electrons. The average molecular weight is 244 g/mol. The summed E-state index contributed by atoms with van der Waals surface area (Å²) in [5, 5.41) is 8.98. The molecule has 1 saturated heterocycles. The zero-order chi connectivity index (χ0) is 13.0. The van der Waals surface area contributed by atoms with Crippen LogP contribution in [0.25, 0.3) is 0 Å². The molecule has 0 aliphatic carbocycles. The lowest BCUT2D eigenvalue weighted by Gasteiger charge is -2.23. The second-order valence-corrected chi connectivity index (χ2v) is 4.43. The minimum atomic E-state index is 0.114. The van der Waals surface area contributed by atoms with Gasteiger partial charge in [-0.3, -0.25) is 4.79 Å². The van der Waals surface area contributed by atoms with Gasteiger partial charge in [0.2, 0.25) is 5.91 Å². The SMILES string of the molecule is CN(CC(=O)N1CCCC1)c1cccnc1C#N. The van der Waals surface area contributed by atoms with Gasteiger partial charge in [0.05, 0.1) is 12.2 Å². The highest BCUT2D eigenvalue weighted by molar-refractivity contribution is 5.82. The quantitative estimate of drug-likeness (QED) is 0.796. The molecular formula is C13H16N4O. The third-order valence-corrected chi connectivity index (χ3v) is 3.13. The maximum Gasteiger partial charge on any atom is 0.242 e. The van der Waals surface area contributed by atoms with Crippen molar-refractivity contribution in [3.8, 4) is 6.07 Å². The molecule has 18 heavy (non-hydrogen) atoms. The number of pyridine rings is 1. The third-order valence-electron chi connectivity index (χ3n) is 3.13. The maximum atomic E-state index is 12.0. The van der Waals surface area contributed by atoms with Gasteiger partial charge in [-0.05, 0) is 25.0 Å². The molecule has 0 saturated carbocycles. The normalized spacial score (nSPS) is 14.3. The van der Waals surface area contributed by atoms with Gasteiger partial charge in [0.1, 0.15) is 6.07 Å². The monoisotopic (exact) mass is 244 g/mol. The van der Waals surface area contributed by atoms with E-state index in [-0.39, 0.29) is 5.91 Å². The fraction of sp³-hybridized carbons (Fsp3) is 0.462. The van der Waals surface area contributed by atoms with Crippen LogP contribution in [0.2, 0.25) is 0 Å². The smallest absolute Gasteiger partial charge is 0.242 e. The van der Waals surface area contributed by atoms with Crippen LogP contribution in [0.15, 0.2) is 18.3 Å². The average Bonchev–Trinajstić information content (AvgIpc) is 2.92. The van der Waals surface area contributed by atoms with Crippen molar-refractivity contribution in [3.05, 3.63) is 24.0 Å². The third kappa shape index (κ3) is 2.59. The summed E-state index contributed by atoms with van der Waals surface area (Å²) in [6.45, 7) is 2.00. The van der Waals surface area contributed by atoms with E-state index in [4.69, 9.17) is 5.26 Å². The van der Waals surface area contributed by atoms with Gasteiger partial charge < -0.3 is 9.80 Å². The Hall–Kier alpha value is -2.09. The van der Waals surface area contributed by atoms with Crippen LogP contribution < -0.4 is 4.90 Å². The molecule has 5 heteroatoms. The highest BCUT2D eigenvalue weighted by atomic mass is 16.2. The van der Waals surface area contributed by atoms with Crippen LogP contribution in [0.3, 0.4) is 0 Å². The van der Waals surface area contributed by atoms with Gasteiger partial charge in [-0.15, -0.1) is 0 Å². The second kappa shape index (κ2) is 5.50. The molecule has 0 aromatic carbocycles. The summed E-state index contributed by atoms with van der Waals surface area (Å²) in [5.41, 5.74) is 1.06. The Morgan fingerprint density at radius 3 is 2.94 bits per heavy atom. The van der Waals surface area contributed by atoms with Crippen molar-refractivity contribution < 1.29 is 4.79 Å². The van der Waals surface area contributed by atoms with E-state index < -0.39 is 0 Å². The van der Waals surface area contributed by atoms with Crippen LogP contribution in [-0.4, -0.2) is 42.5 Å². The predicted molar refractivity (Wildman–Crippen MR) is 68.0 cm³/mol. The van der Waals surface area contributed by atoms with Gasteiger partial charge in [-0.25, -0.2) is 4.98 Å². The molecule has 2 rings (SSSR count). The molecule has 94 valence electrons. The Morgan fingerprint density at radius 2 is 2.28 bits per heavy atom. The Labute approximate surface area is 107 Å². The zero-order valence-electron chi connectivity index (χ0n) is 10.5. The molecule has 0 bridgehead atoms. The lowest BCUT2D eigenvalue weighted by molar-refractivity contribution is -0.128. The summed E-state index contributed by atoms with van der Waals surface area (Å²) in [7, 11) is 1.81. The van der Waals surface area contributed by atoms with Gasteiger partial charge in [-0.2, -0.15) is 5.26 Å². The molecule has 5 nitrogen and oxygen atoms in total. The topological polar surface area (TPSA) is 60.2 Å². The van der Waals surface area contributed by atoms with Crippen LogP contribution in [0.4, 0.5) is 5.69 Å². The molecule has 1 fully saturated rings. The van der Waals surface area contributed by atoms with Crippen LogP contribution in [0.1, 0.15) is 18.5 Å². The first-order valence-electron chi connectivity index (χ1n) is 6.06. The number of hydrogen-bond donors (Lipinski definition) is 0. The molecule has 1 aromatic rings. The first-order valence-corrected chi connectivity index (χ1v) is 6.06. The molecule has 1 aromatic heterocycles. The number of likely N-dealkylation sites (N-methyl/N-ethyl adjacent to an activating group) is 1. The van der Waals surface area contributed by atoms with E-state index in [1.54, 1.807) is 17.2 Å². The molecule has 1 aliphatic heterocycles. The fourth-order valence-corrected chi connectivity index (χ4v) is 2.15. The van der Waals surface area contributed by atoms with E-state index in [1.807, 2.05) is 24.1 Å². The van der Waals surface area contributed by atoms with Gasteiger partial charge in [-0.1, -0.05) is 0 Å². The Bertz CT molecular complexity index is 474. The molecule has 0 N–H and O–H groups in total. The number of likely N-dealkylation sites (tertiary alicyclic amines) is 1. The number of nitriles is 1. The zero-order valence-corrected chi connectivity index (χ0v) is 10.5. The Balaban J connectivity index is 2.05. The van der Waals surface area contributed by atoms with Crippen molar-refractivity contribution >= 4 is 11.6 Å². The molecule has 0 atom stereocenters. The van der Waals surface area contributed by atoms with Gasteiger partial charge in [0.25, 0.3) is 0 Å². The fourth-order valence-electron chi connectivity index (χ4n) is 2.15. The summed E-state index contributed by atoms with van der Waals surface area (Å²) in [4.78, 5) is 19.7. The number of rotatable bonds is 3. The summed E-state index contributed by atoms with van der Waals surface area (Å²) in [6.07, 6.45) is 3.76. The van der Waals surface area contributed by atoms with Crippen molar-refractivity contribution in [2.45, 2.75) is 12.8 Å². The minimum absolute atomic E-state index is 0.114. The molecular weight excluding hydrogens is 228 g/mol. The number of nitrogens with zero attached hydrogens (tertiary/aromatic N) is 4.